The van der Waals surface area contributed by atoms with Crippen LogP contribution in [-0.2, 0) is 0 Å². The Kier molecular flexibility index (Phi) is 2.78. The molecule has 0 saturated heterocycles. The summed E-state index contributed by atoms with van der Waals surface area (Å²) in [6, 6.07) is 4.67. The number of hydrogen-bond acceptors (Lipinski definition) is 3. The smallest absolute Gasteiger partial charge is 0.395 e. The molecule has 2 rings (SSSR count). The number of likely N-dealkylation sites (N-methyl/N-ethyl adjacent to an activating group) is 1. The lowest BCUT2D eigenvalue weighted by Crippen LogP contribution is -2.25. The first-order valence-corrected chi connectivity index (χ1v) is 4.82. The first-order valence-electron chi connectivity index (χ1n) is 4.82. The quantitative estimate of drug-likeness (QED) is 0.859. The third-order valence-corrected chi connectivity index (χ3v) is 2.06. The molecule has 0 saturated carbocycles. The molecule has 0 aromatic heterocycles. The zero-order valence-corrected chi connectivity index (χ0v) is 8.67. The number of rotatable bonds is 3. The molecular weight excluding hydrogens is 216 g/mol. The van der Waals surface area contributed by atoms with Crippen molar-refractivity contribution in [2.24, 2.45) is 0 Å². The second-order valence-corrected chi connectivity index (χ2v) is 3.33. The lowest BCUT2D eigenvalue weighted by Gasteiger charge is -2.04. The number of nitrogens with one attached hydrogen (secondary N) is 1. The van der Waals surface area contributed by atoms with E-state index < -0.39 is 6.29 Å². The molecule has 0 bridgehead atoms. The number of alkyl halides is 2. The van der Waals surface area contributed by atoms with E-state index in [1.807, 2.05) is 19.2 Å². The first-order chi connectivity index (χ1) is 7.61. The third-order valence-electron chi connectivity index (χ3n) is 2.06. The Hall–Kier alpha value is -1.62. The van der Waals surface area contributed by atoms with E-state index in [1.54, 1.807) is 6.07 Å². The maximum atomic E-state index is 12.7. The molecule has 16 heavy (non-hydrogen) atoms. The standard InChI is InChI=1S/C11H11F2NO2/c1-14-6-2-3-8-4-5-9-10(7-8)16-11(12,13)15-9/h2-5,7,14H,6H2,1H3. The normalized spacial score (nSPS) is 16.9. The highest BCUT2D eigenvalue weighted by atomic mass is 19.3. The van der Waals surface area contributed by atoms with E-state index in [2.05, 4.69) is 14.8 Å². The van der Waals surface area contributed by atoms with Crippen molar-refractivity contribution >= 4 is 6.08 Å². The average molecular weight is 227 g/mol. The summed E-state index contributed by atoms with van der Waals surface area (Å²) in [5.74, 6) is 0.132. The minimum atomic E-state index is -3.55. The van der Waals surface area contributed by atoms with Gasteiger partial charge in [-0.2, -0.15) is 0 Å². The minimum Gasteiger partial charge on any atom is -0.395 e. The van der Waals surface area contributed by atoms with Gasteiger partial charge < -0.3 is 14.8 Å². The molecular formula is C11H11F2NO2. The molecule has 1 N–H and O–H groups in total. The van der Waals surface area contributed by atoms with Crippen molar-refractivity contribution in [1.82, 2.24) is 5.32 Å². The van der Waals surface area contributed by atoms with Crippen LogP contribution in [-0.4, -0.2) is 19.9 Å². The minimum absolute atomic E-state index is 0.0655. The lowest BCUT2D eigenvalue weighted by atomic mass is 10.2. The van der Waals surface area contributed by atoms with E-state index in [0.29, 0.717) is 6.54 Å². The molecule has 0 atom stereocenters. The van der Waals surface area contributed by atoms with Crippen molar-refractivity contribution in [3.05, 3.63) is 29.8 Å². The van der Waals surface area contributed by atoms with Gasteiger partial charge in [0.1, 0.15) is 0 Å². The highest BCUT2D eigenvalue weighted by molar-refractivity contribution is 5.56. The fourth-order valence-electron chi connectivity index (χ4n) is 1.38. The van der Waals surface area contributed by atoms with Crippen molar-refractivity contribution in [2.75, 3.05) is 13.6 Å². The van der Waals surface area contributed by atoms with Crippen LogP contribution in [0.4, 0.5) is 8.78 Å². The molecule has 1 aromatic carbocycles. The Morgan fingerprint density at radius 3 is 2.81 bits per heavy atom. The number of halogens is 2. The zero-order chi connectivity index (χ0) is 11.6. The van der Waals surface area contributed by atoms with Crippen LogP contribution in [0.2, 0.25) is 0 Å². The number of fused-ring (bicyclic) bond motifs is 1. The van der Waals surface area contributed by atoms with E-state index >= 15 is 0 Å². The maximum Gasteiger partial charge on any atom is 0.586 e. The summed E-state index contributed by atoms with van der Waals surface area (Å²) in [6.45, 7) is 0.713. The third kappa shape index (κ3) is 2.30. The van der Waals surface area contributed by atoms with E-state index in [4.69, 9.17) is 0 Å². The monoisotopic (exact) mass is 227 g/mol. The second kappa shape index (κ2) is 4.09. The van der Waals surface area contributed by atoms with Gasteiger partial charge in [0.15, 0.2) is 11.5 Å². The fraction of sp³-hybridized carbons (Fsp3) is 0.273. The highest BCUT2D eigenvalue weighted by Crippen LogP contribution is 2.41. The molecule has 86 valence electrons. The molecule has 1 aliphatic rings. The van der Waals surface area contributed by atoms with Gasteiger partial charge in [0, 0.05) is 6.54 Å². The van der Waals surface area contributed by atoms with Crippen LogP contribution in [0.5, 0.6) is 11.5 Å². The predicted molar refractivity (Wildman–Crippen MR) is 55.6 cm³/mol. The Bertz CT molecular complexity index is 418. The summed E-state index contributed by atoms with van der Waals surface area (Å²) in [4.78, 5) is 0. The van der Waals surface area contributed by atoms with Gasteiger partial charge in [0.2, 0.25) is 0 Å². The molecule has 1 aromatic rings. The highest BCUT2D eigenvalue weighted by Gasteiger charge is 2.43. The van der Waals surface area contributed by atoms with Crippen molar-refractivity contribution < 1.29 is 18.3 Å². The van der Waals surface area contributed by atoms with E-state index in [0.717, 1.165) is 5.56 Å². The van der Waals surface area contributed by atoms with E-state index in [9.17, 15) is 8.78 Å². The molecule has 0 fully saturated rings. The molecule has 3 nitrogen and oxygen atoms in total. The van der Waals surface area contributed by atoms with Gasteiger partial charge in [-0.1, -0.05) is 18.2 Å². The molecule has 0 unspecified atom stereocenters. The molecule has 0 aliphatic carbocycles. The van der Waals surface area contributed by atoms with Gasteiger partial charge in [-0.05, 0) is 24.7 Å². The van der Waals surface area contributed by atoms with Crippen molar-refractivity contribution in [2.45, 2.75) is 6.29 Å². The van der Waals surface area contributed by atoms with Crippen LogP contribution in [0.1, 0.15) is 5.56 Å². The van der Waals surface area contributed by atoms with Gasteiger partial charge in [0.25, 0.3) is 0 Å². The van der Waals surface area contributed by atoms with Crippen LogP contribution >= 0.6 is 0 Å². The molecule has 0 amide bonds. The topological polar surface area (TPSA) is 30.5 Å². The fourth-order valence-corrected chi connectivity index (χ4v) is 1.38. The van der Waals surface area contributed by atoms with Crippen LogP contribution < -0.4 is 14.8 Å². The summed E-state index contributed by atoms with van der Waals surface area (Å²) in [6.07, 6.45) is 0.155. The molecule has 5 heteroatoms. The number of benzene rings is 1. The Balaban J connectivity index is 2.16. The summed E-state index contributed by atoms with van der Waals surface area (Å²) < 4.78 is 34.0. The van der Waals surface area contributed by atoms with Crippen molar-refractivity contribution in [3.8, 4) is 11.5 Å². The molecule has 1 heterocycles. The Morgan fingerprint density at radius 2 is 2.06 bits per heavy atom. The first kappa shape index (κ1) is 10.9. The summed E-state index contributed by atoms with van der Waals surface area (Å²) in [5.41, 5.74) is 0.787. The summed E-state index contributed by atoms with van der Waals surface area (Å²) in [7, 11) is 1.82. The van der Waals surface area contributed by atoms with Crippen LogP contribution in [0, 0.1) is 0 Å². The Labute approximate surface area is 91.7 Å². The molecule has 0 spiro atoms. The van der Waals surface area contributed by atoms with Crippen LogP contribution in [0.25, 0.3) is 6.08 Å². The molecule has 0 radical (unpaired) electrons. The number of ether oxygens (including phenoxy) is 2. The van der Waals surface area contributed by atoms with E-state index in [1.165, 1.54) is 12.1 Å². The van der Waals surface area contributed by atoms with Gasteiger partial charge in [-0.3, -0.25) is 0 Å². The lowest BCUT2D eigenvalue weighted by molar-refractivity contribution is -0.286. The van der Waals surface area contributed by atoms with Crippen molar-refractivity contribution in [3.63, 3.8) is 0 Å². The van der Waals surface area contributed by atoms with Crippen LogP contribution in [0.3, 0.4) is 0 Å². The van der Waals surface area contributed by atoms with Crippen molar-refractivity contribution in [1.29, 1.82) is 0 Å². The van der Waals surface area contributed by atoms with Gasteiger partial charge >= 0.3 is 6.29 Å². The van der Waals surface area contributed by atoms with Gasteiger partial charge in [0.05, 0.1) is 0 Å². The van der Waals surface area contributed by atoms with Gasteiger partial charge in [-0.25, -0.2) is 0 Å². The summed E-state index contributed by atoms with van der Waals surface area (Å²) in [5, 5.41) is 2.94. The predicted octanol–water partition coefficient (Wildman–Crippen LogP) is 2.24. The maximum absolute atomic E-state index is 12.7. The average Bonchev–Trinajstić information content (AvgIpc) is 2.51. The second-order valence-electron chi connectivity index (χ2n) is 3.33. The Morgan fingerprint density at radius 1 is 1.31 bits per heavy atom. The van der Waals surface area contributed by atoms with Crippen LogP contribution in [0.15, 0.2) is 24.3 Å². The van der Waals surface area contributed by atoms with E-state index in [-0.39, 0.29) is 11.5 Å². The summed E-state index contributed by atoms with van der Waals surface area (Å²) >= 11 is 0. The molecule has 1 aliphatic heterocycles. The number of hydrogen-bond donors (Lipinski definition) is 1. The zero-order valence-electron chi connectivity index (χ0n) is 8.67. The largest absolute Gasteiger partial charge is 0.586 e. The SMILES string of the molecule is CNCC=Cc1ccc2c(c1)OC(F)(F)O2. The van der Waals surface area contributed by atoms with Gasteiger partial charge in [-0.15, -0.1) is 8.78 Å².